The smallest absolute Gasteiger partial charge is 0.331 e. The van der Waals surface area contributed by atoms with Crippen LogP contribution in [0.1, 0.15) is 5.56 Å². The van der Waals surface area contributed by atoms with Gasteiger partial charge in [-0.2, -0.15) is 0 Å². The number of carbonyl (C=O) groups is 1. The first-order valence-electron chi connectivity index (χ1n) is 12.3. The van der Waals surface area contributed by atoms with Gasteiger partial charge in [-0.25, -0.2) is 4.79 Å². The van der Waals surface area contributed by atoms with E-state index < -0.39 is 82.8 Å². The van der Waals surface area contributed by atoms with Gasteiger partial charge in [0.2, 0.25) is 17.5 Å². The van der Waals surface area contributed by atoms with Crippen LogP contribution in [0.15, 0.2) is 57.8 Å². The maximum Gasteiger partial charge on any atom is 0.331 e. The summed E-state index contributed by atoms with van der Waals surface area (Å²) in [6.45, 7) is -0.813. The monoisotopic (exact) mass is 584 g/mol. The van der Waals surface area contributed by atoms with Crippen molar-refractivity contribution in [3.63, 3.8) is 0 Å². The van der Waals surface area contributed by atoms with Gasteiger partial charge in [-0.15, -0.1) is 0 Å². The number of esters is 1. The fourth-order valence-electron chi connectivity index (χ4n) is 4.43. The second-order valence-corrected chi connectivity index (χ2v) is 9.37. The molecule has 14 nitrogen and oxygen atoms in total. The van der Waals surface area contributed by atoms with Crippen LogP contribution in [0.3, 0.4) is 0 Å². The number of phenolic OH excluding ortho intramolecular Hbond substituents is 5. The Labute approximate surface area is 234 Å². The summed E-state index contributed by atoms with van der Waals surface area (Å²) in [7, 11) is 0. The number of benzene rings is 3. The molecular formula is C28H24O14. The van der Waals surface area contributed by atoms with Gasteiger partial charge < -0.3 is 59.5 Å². The Morgan fingerprint density at radius 2 is 1.57 bits per heavy atom. The van der Waals surface area contributed by atoms with Crippen LogP contribution in [0, 0.1) is 0 Å². The van der Waals surface area contributed by atoms with Gasteiger partial charge in [0.25, 0.3) is 0 Å². The number of aromatic hydroxyl groups is 5. The number of fused-ring (bicyclic) bond motifs is 2. The lowest BCUT2D eigenvalue weighted by Gasteiger charge is -2.41. The molecule has 1 saturated heterocycles. The number of carbonyl (C=O) groups excluding carboxylic acids is 1. The van der Waals surface area contributed by atoms with Crippen LogP contribution in [0.2, 0.25) is 0 Å². The van der Waals surface area contributed by atoms with E-state index in [0.717, 1.165) is 24.3 Å². The summed E-state index contributed by atoms with van der Waals surface area (Å²) >= 11 is 0. The zero-order valence-electron chi connectivity index (χ0n) is 21.3. The Bertz CT molecular complexity index is 1740. The van der Waals surface area contributed by atoms with Gasteiger partial charge in [-0.1, -0.05) is 12.1 Å². The third kappa shape index (κ3) is 5.22. The highest BCUT2D eigenvalue weighted by Gasteiger charge is 2.48. The minimum absolute atomic E-state index is 0.0153. The fraction of sp³-hybridized carbons (Fsp3) is 0.214. The fourth-order valence-corrected chi connectivity index (χ4v) is 4.43. The molecule has 3 aromatic carbocycles. The summed E-state index contributed by atoms with van der Waals surface area (Å²) in [5.41, 5.74) is -0.824. The van der Waals surface area contributed by atoms with E-state index in [4.69, 9.17) is 18.6 Å². The summed E-state index contributed by atoms with van der Waals surface area (Å²) in [5.74, 6) is -4.67. The van der Waals surface area contributed by atoms with Gasteiger partial charge in [-0.05, 0) is 29.8 Å². The highest BCUT2D eigenvalue weighted by Crippen LogP contribution is 2.44. The number of hydrogen-bond donors (Lipinski definition) is 8. The maximum atomic E-state index is 13.1. The predicted octanol–water partition coefficient (Wildman–Crippen LogP) is 0.917. The average molecular weight is 584 g/mol. The summed E-state index contributed by atoms with van der Waals surface area (Å²) in [5, 5.41) is 80.7. The first-order valence-corrected chi connectivity index (χ1v) is 12.3. The summed E-state index contributed by atoms with van der Waals surface area (Å²) in [4.78, 5) is 25.6. The highest BCUT2D eigenvalue weighted by atomic mass is 16.7. The second-order valence-electron chi connectivity index (χ2n) is 9.37. The number of hydrogen-bond acceptors (Lipinski definition) is 14. The molecule has 0 bridgehead atoms. The molecule has 0 spiro atoms. The Morgan fingerprint density at radius 3 is 2.26 bits per heavy atom. The molecule has 0 unspecified atom stereocenters. The second kappa shape index (κ2) is 11.1. The van der Waals surface area contributed by atoms with Gasteiger partial charge in [0.1, 0.15) is 34.5 Å². The van der Waals surface area contributed by atoms with Crippen LogP contribution < -0.4 is 10.2 Å². The first kappa shape index (κ1) is 28.5. The van der Waals surface area contributed by atoms with E-state index in [1.54, 1.807) is 0 Å². The van der Waals surface area contributed by atoms with Crippen LogP contribution in [0.4, 0.5) is 0 Å². The third-order valence-corrected chi connectivity index (χ3v) is 6.58. The molecule has 2 heterocycles. The minimum Gasteiger partial charge on any atom is -0.508 e. The molecule has 5 rings (SSSR count). The molecule has 0 radical (unpaired) electrons. The number of aliphatic hydroxyl groups is 3. The number of ether oxygens (including phenoxy) is 3. The van der Waals surface area contributed by atoms with E-state index in [1.165, 1.54) is 30.3 Å². The maximum absolute atomic E-state index is 13.1. The molecule has 5 atom stereocenters. The molecule has 14 heteroatoms. The molecule has 1 aliphatic heterocycles. The van der Waals surface area contributed by atoms with Crippen molar-refractivity contribution in [1.29, 1.82) is 0 Å². The lowest BCUT2D eigenvalue weighted by atomic mass is 9.99. The summed E-state index contributed by atoms with van der Waals surface area (Å²) < 4.78 is 21.6. The van der Waals surface area contributed by atoms with Crippen molar-refractivity contribution in [2.75, 3.05) is 6.61 Å². The summed E-state index contributed by atoms with van der Waals surface area (Å²) in [6.07, 6.45) is -6.34. The number of rotatable bonds is 6. The third-order valence-electron chi connectivity index (χ3n) is 6.58. The Morgan fingerprint density at radius 1 is 0.905 bits per heavy atom. The number of aliphatic hydroxyl groups excluding tert-OH is 3. The van der Waals surface area contributed by atoms with Gasteiger partial charge in [0, 0.05) is 18.2 Å². The molecule has 1 aliphatic rings. The van der Waals surface area contributed by atoms with Crippen molar-refractivity contribution in [2.24, 2.45) is 0 Å². The van der Waals surface area contributed by atoms with Crippen LogP contribution in [0.25, 0.3) is 28.0 Å². The van der Waals surface area contributed by atoms with Gasteiger partial charge in [0.05, 0.1) is 12.0 Å². The molecular weight excluding hydrogens is 560 g/mol. The quantitative estimate of drug-likeness (QED) is 0.0681. The largest absolute Gasteiger partial charge is 0.508 e. The van der Waals surface area contributed by atoms with Crippen molar-refractivity contribution >= 4 is 34.0 Å². The zero-order valence-corrected chi connectivity index (χ0v) is 21.3. The standard InChI is InChI=1S/C28H24O14/c29-10-19-23(36)27(41-20(34)6-3-11-1-4-12(30)5-2-11)25(38)28(40-19)42-26-16(33)9-18-21(24(26)37)22(35)13-7-14(31)15(32)8-17(13)39-18/h1-9,19,23,25,27-33,36-38H,10H2/b6-3+/t19-,23-,25-,27+,28+/m1/s1. The lowest BCUT2D eigenvalue weighted by Crippen LogP contribution is -2.61. The Hall–Kier alpha value is -5.02. The van der Waals surface area contributed by atoms with Gasteiger partial charge in [-0.3, -0.25) is 4.79 Å². The van der Waals surface area contributed by atoms with Crippen molar-refractivity contribution in [3.05, 3.63) is 64.3 Å². The van der Waals surface area contributed by atoms with Crippen LogP contribution in [-0.2, 0) is 14.3 Å². The molecule has 1 aromatic heterocycles. The van der Waals surface area contributed by atoms with E-state index in [1.807, 2.05) is 0 Å². The molecule has 1 fully saturated rings. The topological polar surface area (TPSA) is 237 Å². The molecule has 8 N–H and O–H groups in total. The normalized spacial score (nSPS) is 22.5. The van der Waals surface area contributed by atoms with Gasteiger partial charge in [0.15, 0.2) is 35.2 Å². The van der Waals surface area contributed by atoms with E-state index >= 15 is 0 Å². The Balaban J connectivity index is 1.45. The molecule has 0 amide bonds. The average Bonchev–Trinajstić information content (AvgIpc) is 2.95. The zero-order chi connectivity index (χ0) is 30.3. The molecule has 4 aromatic rings. The molecule has 0 saturated carbocycles. The van der Waals surface area contributed by atoms with Crippen molar-refractivity contribution in [3.8, 4) is 34.5 Å². The van der Waals surface area contributed by atoms with Crippen LogP contribution in [-0.4, -0.2) is 84.1 Å². The predicted molar refractivity (Wildman–Crippen MR) is 142 cm³/mol. The van der Waals surface area contributed by atoms with Crippen molar-refractivity contribution in [1.82, 2.24) is 0 Å². The molecule has 0 aliphatic carbocycles. The van der Waals surface area contributed by atoms with E-state index in [0.29, 0.717) is 5.56 Å². The van der Waals surface area contributed by atoms with Crippen LogP contribution in [0.5, 0.6) is 34.5 Å². The van der Waals surface area contributed by atoms with Crippen molar-refractivity contribution < 1.29 is 64.3 Å². The molecule has 220 valence electrons. The summed E-state index contributed by atoms with van der Waals surface area (Å²) in [6, 6.07) is 8.61. The number of phenols is 5. The Kier molecular flexibility index (Phi) is 7.53. The van der Waals surface area contributed by atoms with E-state index in [-0.39, 0.29) is 22.3 Å². The first-order chi connectivity index (χ1) is 20.0. The minimum atomic E-state index is -1.93. The van der Waals surface area contributed by atoms with E-state index in [2.05, 4.69) is 0 Å². The lowest BCUT2D eigenvalue weighted by molar-refractivity contribution is -0.280. The van der Waals surface area contributed by atoms with Crippen LogP contribution >= 0.6 is 0 Å². The highest BCUT2D eigenvalue weighted by molar-refractivity contribution is 5.96. The van der Waals surface area contributed by atoms with E-state index in [9.17, 15) is 50.4 Å². The van der Waals surface area contributed by atoms with Crippen molar-refractivity contribution in [2.45, 2.75) is 30.7 Å². The van der Waals surface area contributed by atoms with Gasteiger partial charge >= 0.3 is 5.97 Å². The molecule has 42 heavy (non-hydrogen) atoms. The SMILES string of the molecule is O=C(/C=C/c1ccc(O)cc1)O[C@@H]1[C@@H](O)[C@H](Oc2c(O)cc3oc4cc(O)c(O)cc4c(=O)c3c2O)O[C@H](CO)[C@H]1O.